The molecule has 1 rings (SSSR count). The SMILES string of the molecule is CC(=O)C(CCC(Br)C(C)(C)Br)c1ccccc1. The summed E-state index contributed by atoms with van der Waals surface area (Å²) < 4.78 is 0.0467. The van der Waals surface area contributed by atoms with Crippen LogP contribution in [0.2, 0.25) is 0 Å². The third kappa shape index (κ3) is 4.85. The second kappa shape index (κ2) is 6.85. The lowest BCUT2D eigenvalue weighted by molar-refractivity contribution is -0.118. The molecule has 0 N–H and O–H groups in total. The lowest BCUT2D eigenvalue weighted by Gasteiger charge is -2.25. The fourth-order valence-electron chi connectivity index (χ4n) is 1.95. The quantitative estimate of drug-likeness (QED) is 0.634. The van der Waals surface area contributed by atoms with Crippen LogP contribution in [0.5, 0.6) is 0 Å². The number of hydrogen-bond donors (Lipinski definition) is 0. The van der Waals surface area contributed by atoms with Crippen LogP contribution >= 0.6 is 31.9 Å². The van der Waals surface area contributed by atoms with Crippen LogP contribution in [0.15, 0.2) is 30.3 Å². The molecule has 0 fully saturated rings. The number of Topliss-reactive ketones (excluding diaryl/α,β-unsaturated/α-hetero) is 1. The summed E-state index contributed by atoms with van der Waals surface area (Å²) in [6, 6.07) is 10.0. The molecular formula is C15H20Br2O. The fraction of sp³-hybridized carbons (Fsp3) is 0.533. The highest BCUT2D eigenvalue weighted by atomic mass is 79.9. The first-order valence-electron chi connectivity index (χ1n) is 6.20. The highest BCUT2D eigenvalue weighted by Crippen LogP contribution is 2.33. The molecule has 0 saturated carbocycles. The molecule has 18 heavy (non-hydrogen) atoms. The van der Waals surface area contributed by atoms with Gasteiger partial charge in [-0.1, -0.05) is 62.2 Å². The molecule has 0 heterocycles. The topological polar surface area (TPSA) is 17.1 Å². The Labute approximate surface area is 127 Å². The van der Waals surface area contributed by atoms with E-state index in [4.69, 9.17) is 0 Å². The average molecular weight is 376 g/mol. The summed E-state index contributed by atoms with van der Waals surface area (Å²) in [6.45, 7) is 5.95. The minimum Gasteiger partial charge on any atom is -0.299 e. The Morgan fingerprint density at radius 2 is 1.78 bits per heavy atom. The van der Waals surface area contributed by atoms with Gasteiger partial charge in [0, 0.05) is 15.1 Å². The van der Waals surface area contributed by atoms with Crippen molar-refractivity contribution < 1.29 is 4.79 Å². The molecule has 0 spiro atoms. The largest absolute Gasteiger partial charge is 0.299 e. The zero-order valence-corrected chi connectivity index (χ0v) is 14.3. The summed E-state index contributed by atoms with van der Waals surface area (Å²) in [4.78, 5) is 12.1. The second-order valence-electron chi connectivity index (χ2n) is 5.18. The van der Waals surface area contributed by atoms with Gasteiger partial charge < -0.3 is 0 Å². The number of carbonyl (C=O) groups is 1. The number of halogens is 2. The van der Waals surface area contributed by atoms with E-state index in [9.17, 15) is 4.79 Å². The summed E-state index contributed by atoms with van der Waals surface area (Å²) in [7, 11) is 0. The van der Waals surface area contributed by atoms with Gasteiger partial charge in [-0.2, -0.15) is 0 Å². The maximum Gasteiger partial charge on any atom is 0.137 e. The summed E-state index contributed by atoms with van der Waals surface area (Å²) in [5, 5.41) is 0. The van der Waals surface area contributed by atoms with Gasteiger partial charge in [-0.05, 0) is 39.2 Å². The molecule has 0 aliphatic rings. The Balaban J connectivity index is 2.69. The Morgan fingerprint density at radius 1 is 1.22 bits per heavy atom. The van der Waals surface area contributed by atoms with Crippen LogP contribution in [0, 0.1) is 0 Å². The first kappa shape index (κ1) is 15.9. The lowest BCUT2D eigenvalue weighted by atomic mass is 9.89. The maximum atomic E-state index is 11.8. The van der Waals surface area contributed by atoms with E-state index in [0.717, 1.165) is 18.4 Å². The summed E-state index contributed by atoms with van der Waals surface area (Å²) >= 11 is 7.35. The van der Waals surface area contributed by atoms with Crippen molar-refractivity contribution in [2.75, 3.05) is 0 Å². The average Bonchev–Trinajstić information content (AvgIpc) is 2.28. The molecule has 1 aromatic rings. The van der Waals surface area contributed by atoms with Gasteiger partial charge in [0.25, 0.3) is 0 Å². The number of hydrogen-bond acceptors (Lipinski definition) is 1. The van der Waals surface area contributed by atoms with E-state index in [-0.39, 0.29) is 16.0 Å². The molecule has 0 aliphatic heterocycles. The molecular weight excluding hydrogens is 356 g/mol. The van der Waals surface area contributed by atoms with E-state index in [1.807, 2.05) is 30.3 Å². The maximum absolute atomic E-state index is 11.8. The summed E-state index contributed by atoms with van der Waals surface area (Å²) in [6.07, 6.45) is 1.85. The van der Waals surface area contributed by atoms with Gasteiger partial charge in [0.15, 0.2) is 0 Å². The predicted molar refractivity (Wildman–Crippen MR) is 84.8 cm³/mol. The molecule has 0 radical (unpaired) electrons. The fourth-order valence-corrected chi connectivity index (χ4v) is 2.44. The lowest BCUT2D eigenvalue weighted by Crippen LogP contribution is -2.25. The van der Waals surface area contributed by atoms with Crippen molar-refractivity contribution in [1.29, 1.82) is 0 Å². The molecule has 100 valence electrons. The number of carbonyl (C=O) groups excluding carboxylic acids is 1. The molecule has 0 aromatic heterocycles. The third-order valence-corrected chi connectivity index (χ3v) is 5.92. The highest BCUT2D eigenvalue weighted by molar-refractivity contribution is 9.12. The van der Waals surface area contributed by atoms with Gasteiger partial charge >= 0.3 is 0 Å². The van der Waals surface area contributed by atoms with Crippen LogP contribution in [-0.4, -0.2) is 14.9 Å². The molecule has 2 atom stereocenters. The first-order chi connectivity index (χ1) is 8.32. The minimum atomic E-state index is 0.0149. The Kier molecular flexibility index (Phi) is 6.06. The van der Waals surface area contributed by atoms with Crippen molar-refractivity contribution in [2.45, 2.75) is 48.7 Å². The normalized spacial score (nSPS) is 15.2. The first-order valence-corrected chi connectivity index (χ1v) is 7.91. The van der Waals surface area contributed by atoms with E-state index >= 15 is 0 Å². The van der Waals surface area contributed by atoms with Gasteiger partial charge in [0.2, 0.25) is 0 Å². The van der Waals surface area contributed by atoms with Crippen molar-refractivity contribution in [2.24, 2.45) is 0 Å². The van der Waals surface area contributed by atoms with Crippen molar-refractivity contribution in [3.63, 3.8) is 0 Å². The highest BCUT2D eigenvalue weighted by Gasteiger charge is 2.26. The third-order valence-electron chi connectivity index (χ3n) is 3.15. The van der Waals surface area contributed by atoms with Crippen molar-refractivity contribution >= 4 is 37.6 Å². The summed E-state index contributed by atoms with van der Waals surface area (Å²) in [5.41, 5.74) is 1.12. The number of benzene rings is 1. The molecule has 2 unspecified atom stereocenters. The smallest absolute Gasteiger partial charge is 0.137 e. The van der Waals surface area contributed by atoms with E-state index in [1.165, 1.54) is 0 Å². The number of ketones is 1. The number of alkyl halides is 2. The zero-order chi connectivity index (χ0) is 13.8. The Hall–Kier alpha value is -0.150. The predicted octanol–water partition coefficient (Wildman–Crippen LogP) is 5.08. The molecule has 3 heteroatoms. The molecule has 1 nitrogen and oxygen atoms in total. The van der Waals surface area contributed by atoms with Crippen LogP contribution < -0.4 is 0 Å². The van der Waals surface area contributed by atoms with Crippen molar-refractivity contribution in [3.8, 4) is 0 Å². The van der Waals surface area contributed by atoms with E-state index < -0.39 is 0 Å². The monoisotopic (exact) mass is 374 g/mol. The number of rotatable bonds is 6. The molecule has 1 aromatic carbocycles. The van der Waals surface area contributed by atoms with Gasteiger partial charge in [-0.25, -0.2) is 0 Å². The van der Waals surface area contributed by atoms with Crippen LogP contribution in [-0.2, 0) is 4.79 Å². The molecule has 0 amide bonds. The molecule has 0 bridgehead atoms. The van der Waals surface area contributed by atoms with Crippen molar-refractivity contribution in [1.82, 2.24) is 0 Å². The minimum absolute atomic E-state index is 0.0149. The van der Waals surface area contributed by atoms with Gasteiger partial charge in [0.1, 0.15) is 5.78 Å². The van der Waals surface area contributed by atoms with E-state index in [0.29, 0.717) is 4.83 Å². The van der Waals surface area contributed by atoms with Gasteiger partial charge in [0.05, 0.1) is 0 Å². The van der Waals surface area contributed by atoms with E-state index in [2.05, 4.69) is 45.7 Å². The van der Waals surface area contributed by atoms with Crippen LogP contribution in [0.3, 0.4) is 0 Å². The van der Waals surface area contributed by atoms with Gasteiger partial charge in [-0.3, -0.25) is 4.79 Å². The van der Waals surface area contributed by atoms with Crippen LogP contribution in [0.25, 0.3) is 0 Å². The molecule has 0 aliphatic carbocycles. The van der Waals surface area contributed by atoms with Gasteiger partial charge in [-0.15, -0.1) is 0 Å². The van der Waals surface area contributed by atoms with E-state index in [1.54, 1.807) is 6.92 Å². The summed E-state index contributed by atoms with van der Waals surface area (Å²) in [5.74, 6) is 0.259. The zero-order valence-electron chi connectivity index (χ0n) is 11.1. The standard InChI is InChI=1S/C15H20Br2O/c1-11(18)13(12-7-5-4-6-8-12)9-10-14(16)15(2,3)17/h4-8,13-14H,9-10H2,1-3H3. The van der Waals surface area contributed by atoms with Crippen molar-refractivity contribution in [3.05, 3.63) is 35.9 Å². The second-order valence-corrected chi connectivity index (χ2v) is 8.33. The molecule has 0 saturated heterocycles. The Bertz CT molecular complexity index is 381. The van der Waals surface area contributed by atoms with Crippen LogP contribution in [0.4, 0.5) is 0 Å². The Morgan fingerprint density at radius 3 is 2.22 bits per heavy atom. The van der Waals surface area contributed by atoms with Crippen LogP contribution in [0.1, 0.15) is 45.1 Å².